The van der Waals surface area contributed by atoms with Gasteiger partial charge in [0.1, 0.15) is 5.60 Å². The van der Waals surface area contributed by atoms with Crippen molar-refractivity contribution in [1.29, 1.82) is 0 Å². The maximum absolute atomic E-state index is 11.3. The van der Waals surface area contributed by atoms with Crippen molar-refractivity contribution < 1.29 is 19.4 Å². The highest BCUT2D eigenvalue weighted by Gasteiger charge is 2.18. The van der Waals surface area contributed by atoms with E-state index in [0.717, 1.165) is 0 Å². The number of methoxy groups -OCH3 is 1. The highest BCUT2D eigenvalue weighted by Crippen LogP contribution is 2.07. The molecule has 0 heterocycles. The first kappa shape index (κ1) is 14.2. The van der Waals surface area contributed by atoms with Crippen LogP contribution in [0.25, 0.3) is 0 Å². The lowest BCUT2D eigenvalue weighted by Gasteiger charge is -2.22. The lowest BCUT2D eigenvalue weighted by atomic mass is 10.2. The number of rotatable bonds is 5. The maximum atomic E-state index is 11.3. The number of hydrogen-bond donors (Lipinski definition) is 2. The number of carbonyl (C=O) groups is 1. The molecule has 5 nitrogen and oxygen atoms in total. The van der Waals surface area contributed by atoms with Crippen molar-refractivity contribution in [2.75, 3.05) is 20.3 Å². The van der Waals surface area contributed by atoms with Crippen molar-refractivity contribution in [3.8, 4) is 0 Å². The molecule has 0 aromatic rings. The number of nitrogens with one attached hydrogen (secondary N) is 1. The Morgan fingerprint density at radius 1 is 1.47 bits per heavy atom. The first-order valence-electron chi connectivity index (χ1n) is 4.98. The van der Waals surface area contributed by atoms with E-state index < -0.39 is 11.7 Å². The fourth-order valence-corrected chi connectivity index (χ4v) is 1.03. The molecule has 0 radical (unpaired) electrons. The Morgan fingerprint density at radius 3 is 2.47 bits per heavy atom. The summed E-state index contributed by atoms with van der Waals surface area (Å²) in [6.07, 6.45) is -0.0365. The summed E-state index contributed by atoms with van der Waals surface area (Å²) in [4.78, 5) is 11.3. The number of amides is 1. The smallest absolute Gasteiger partial charge is 0.407 e. The number of aliphatic hydroxyl groups excluding tert-OH is 1. The standard InChI is InChI=1S/C10H21NO4/c1-10(2,3)15-9(13)11-8(5-6-12)7-14-4/h8,12H,5-7H2,1-4H3,(H,11,13)/t8-/m0/s1. The van der Waals surface area contributed by atoms with Crippen LogP contribution in [-0.4, -0.2) is 43.2 Å². The van der Waals surface area contributed by atoms with Crippen molar-refractivity contribution in [1.82, 2.24) is 5.32 Å². The van der Waals surface area contributed by atoms with Crippen molar-refractivity contribution >= 4 is 6.09 Å². The zero-order valence-electron chi connectivity index (χ0n) is 9.87. The van der Waals surface area contributed by atoms with Gasteiger partial charge in [-0.05, 0) is 27.2 Å². The molecular weight excluding hydrogens is 198 g/mol. The van der Waals surface area contributed by atoms with E-state index in [0.29, 0.717) is 13.0 Å². The third kappa shape index (κ3) is 8.20. The van der Waals surface area contributed by atoms with E-state index >= 15 is 0 Å². The van der Waals surface area contributed by atoms with Crippen LogP contribution in [0.2, 0.25) is 0 Å². The Hall–Kier alpha value is -0.810. The molecule has 0 aliphatic carbocycles. The monoisotopic (exact) mass is 219 g/mol. The summed E-state index contributed by atoms with van der Waals surface area (Å²) in [5.41, 5.74) is -0.513. The summed E-state index contributed by atoms with van der Waals surface area (Å²) < 4.78 is 9.98. The van der Waals surface area contributed by atoms with Gasteiger partial charge >= 0.3 is 6.09 Å². The molecule has 0 aromatic heterocycles. The molecule has 1 amide bonds. The van der Waals surface area contributed by atoms with Crippen molar-refractivity contribution in [2.24, 2.45) is 0 Å². The third-order valence-corrected chi connectivity index (χ3v) is 1.57. The van der Waals surface area contributed by atoms with Crippen LogP contribution in [0.4, 0.5) is 4.79 Å². The summed E-state index contributed by atoms with van der Waals surface area (Å²) >= 11 is 0. The number of aliphatic hydroxyl groups is 1. The third-order valence-electron chi connectivity index (χ3n) is 1.57. The fourth-order valence-electron chi connectivity index (χ4n) is 1.03. The molecule has 0 bridgehead atoms. The molecule has 0 aliphatic rings. The zero-order chi connectivity index (χ0) is 11.9. The average molecular weight is 219 g/mol. The maximum Gasteiger partial charge on any atom is 0.407 e. The van der Waals surface area contributed by atoms with Gasteiger partial charge in [0, 0.05) is 13.7 Å². The normalized spacial score (nSPS) is 13.4. The highest BCUT2D eigenvalue weighted by molar-refractivity contribution is 5.68. The zero-order valence-corrected chi connectivity index (χ0v) is 9.87. The quantitative estimate of drug-likeness (QED) is 0.721. The van der Waals surface area contributed by atoms with E-state index in [1.807, 2.05) is 0 Å². The molecular formula is C10H21NO4. The van der Waals surface area contributed by atoms with Crippen LogP contribution >= 0.6 is 0 Å². The number of hydrogen-bond acceptors (Lipinski definition) is 4. The predicted octanol–water partition coefficient (Wildman–Crippen LogP) is 0.908. The lowest BCUT2D eigenvalue weighted by Crippen LogP contribution is -2.41. The Bertz CT molecular complexity index is 182. The van der Waals surface area contributed by atoms with Gasteiger partial charge in [0.25, 0.3) is 0 Å². The molecule has 0 rings (SSSR count). The fraction of sp³-hybridized carbons (Fsp3) is 0.900. The first-order valence-corrected chi connectivity index (χ1v) is 4.98. The summed E-state index contributed by atoms with van der Waals surface area (Å²) in [5.74, 6) is 0. The van der Waals surface area contributed by atoms with E-state index in [2.05, 4.69) is 5.32 Å². The summed E-state index contributed by atoms with van der Waals surface area (Å²) in [5, 5.41) is 11.4. The van der Waals surface area contributed by atoms with E-state index in [1.54, 1.807) is 27.9 Å². The molecule has 0 saturated carbocycles. The van der Waals surface area contributed by atoms with Gasteiger partial charge in [-0.1, -0.05) is 0 Å². The van der Waals surface area contributed by atoms with Gasteiger partial charge in [-0.3, -0.25) is 0 Å². The predicted molar refractivity (Wildman–Crippen MR) is 56.7 cm³/mol. The molecule has 15 heavy (non-hydrogen) atoms. The summed E-state index contributed by atoms with van der Waals surface area (Å²) in [6.45, 7) is 5.75. The number of alkyl carbamates (subject to hydrolysis) is 1. The van der Waals surface area contributed by atoms with E-state index in [4.69, 9.17) is 14.6 Å². The number of ether oxygens (including phenoxy) is 2. The van der Waals surface area contributed by atoms with E-state index in [-0.39, 0.29) is 12.6 Å². The molecule has 90 valence electrons. The van der Waals surface area contributed by atoms with Crippen molar-refractivity contribution in [3.63, 3.8) is 0 Å². The molecule has 0 aromatic carbocycles. The Morgan fingerprint density at radius 2 is 2.07 bits per heavy atom. The molecule has 0 unspecified atom stereocenters. The average Bonchev–Trinajstić information content (AvgIpc) is 2.00. The van der Waals surface area contributed by atoms with Crippen molar-refractivity contribution in [3.05, 3.63) is 0 Å². The molecule has 2 N–H and O–H groups in total. The van der Waals surface area contributed by atoms with Crippen LogP contribution < -0.4 is 5.32 Å². The summed E-state index contributed by atoms with van der Waals surface area (Å²) in [6, 6.07) is -0.213. The molecule has 0 aliphatic heterocycles. The highest BCUT2D eigenvalue weighted by atomic mass is 16.6. The van der Waals surface area contributed by atoms with Gasteiger partial charge < -0.3 is 19.9 Å². The minimum absolute atomic E-state index is 0.00379. The van der Waals surface area contributed by atoms with Gasteiger partial charge in [-0.25, -0.2) is 4.79 Å². The molecule has 0 spiro atoms. The molecule has 0 fully saturated rings. The van der Waals surface area contributed by atoms with Gasteiger partial charge in [-0.2, -0.15) is 0 Å². The molecule has 0 saturated heterocycles. The van der Waals surface area contributed by atoms with Gasteiger partial charge in [0.05, 0.1) is 12.6 Å². The minimum atomic E-state index is -0.513. The van der Waals surface area contributed by atoms with Crippen LogP contribution in [0.3, 0.4) is 0 Å². The second-order valence-electron chi connectivity index (χ2n) is 4.31. The largest absolute Gasteiger partial charge is 0.444 e. The molecule has 5 heteroatoms. The van der Waals surface area contributed by atoms with Crippen LogP contribution in [0.1, 0.15) is 27.2 Å². The summed E-state index contributed by atoms with van der Waals surface area (Å²) in [7, 11) is 1.54. The van der Waals surface area contributed by atoms with Gasteiger partial charge in [0.15, 0.2) is 0 Å². The molecule has 1 atom stereocenters. The van der Waals surface area contributed by atoms with E-state index in [1.165, 1.54) is 0 Å². The van der Waals surface area contributed by atoms with Crippen LogP contribution in [-0.2, 0) is 9.47 Å². The Balaban J connectivity index is 3.99. The first-order chi connectivity index (χ1) is 6.89. The second kappa shape index (κ2) is 6.63. The SMILES string of the molecule is COC[C@H](CCO)NC(=O)OC(C)(C)C. The van der Waals surface area contributed by atoms with Crippen molar-refractivity contribution in [2.45, 2.75) is 38.8 Å². The minimum Gasteiger partial charge on any atom is -0.444 e. The Labute approximate surface area is 90.8 Å². The second-order valence-corrected chi connectivity index (χ2v) is 4.31. The Kier molecular flexibility index (Phi) is 6.27. The van der Waals surface area contributed by atoms with Crippen LogP contribution in [0, 0.1) is 0 Å². The van der Waals surface area contributed by atoms with Gasteiger partial charge in [0.2, 0.25) is 0 Å². The van der Waals surface area contributed by atoms with Crippen LogP contribution in [0.5, 0.6) is 0 Å². The van der Waals surface area contributed by atoms with Gasteiger partial charge in [-0.15, -0.1) is 0 Å². The lowest BCUT2D eigenvalue weighted by molar-refractivity contribution is 0.0456. The van der Waals surface area contributed by atoms with E-state index in [9.17, 15) is 4.79 Å². The number of carbonyl (C=O) groups excluding carboxylic acids is 1. The van der Waals surface area contributed by atoms with Crippen LogP contribution in [0.15, 0.2) is 0 Å². The topological polar surface area (TPSA) is 67.8 Å².